The van der Waals surface area contributed by atoms with E-state index in [9.17, 15) is 22.4 Å². The van der Waals surface area contributed by atoms with Gasteiger partial charge < -0.3 is 10.6 Å². The SMILES string of the molecule is O=C1Nc2ccc(F)cc2C1C=Nc1ccc(NC2CCN(Cc3ccccc3)C2)c(C(F)(F)F)c1. The van der Waals surface area contributed by atoms with Crippen LogP contribution in [-0.4, -0.2) is 36.2 Å². The van der Waals surface area contributed by atoms with E-state index in [2.05, 4.69) is 20.5 Å². The van der Waals surface area contributed by atoms with E-state index in [4.69, 9.17) is 0 Å². The molecule has 2 unspecified atom stereocenters. The highest BCUT2D eigenvalue weighted by Crippen LogP contribution is 2.38. The number of fused-ring (bicyclic) bond motifs is 1. The highest BCUT2D eigenvalue weighted by Gasteiger charge is 2.35. The first-order valence-corrected chi connectivity index (χ1v) is 11.6. The number of amides is 1. The number of nitrogens with zero attached hydrogens (tertiary/aromatic N) is 2. The Kier molecular flexibility index (Phi) is 6.49. The maximum Gasteiger partial charge on any atom is 0.418 e. The standard InChI is InChI=1S/C27H24F4N4O/c28-18-6-8-24-21(12-18)22(26(36)34-24)14-32-19-7-9-25(23(13-19)27(29,30)31)33-20-10-11-35(16-20)15-17-4-2-1-3-5-17/h1-9,12-14,20,22,33H,10-11,15-16H2,(H,34,36). The van der Waals surface area contributed by atoms with Crippen LogP contribution in [0.15, 0.2) is 71.7 Å². The van der Waals surface area contributed by atoms with Gasteiger partial charge in [0.05, 0.1) is 11.3 Å². The van der Waals surface area contributed by atoms with Crippen molar-refractivity contribution in [3.63, 3.8) is 0 Å². The van der Waals surface area contributed by atoms with Gasteiger partial charge in [-0.2, -0.15) is 13.2 Å². The van der Waals surface area contributed by atoms with Crippen molar-refractivity contribution in [2.45, 2.75) is 31.1 Å². The number of halogens is 4. The number of likely N-dealkylation sites (tertiary alicyclic amines) is 1. The average Bonchev–Trinajstić information content (AvgIpc) is 3.41. The molecule has 2 heterocycles. The van der Waals surface area contributed by atoms with Crippen LogP contribution in [0.2, 0.25) is 0 Å². The zero-order chi connectivity index (χ0) is 25.3. The van der Waals surface area contributed by atoms with Gasteiger partial charge >= 0.3 is 6.18 Å². The third kappa shape index (κ3) is 5.26. The first kappa shape index (κ1) is 24.0. The average molecular weight is 497 g/mol. The lowest BCUT2D eigenvalue weighted by Crippen LogP contribution is -2.27. The highest BCUT2D eigenvalue weighted by atomic mass is 19.4. The Balaban J connectivity index is 1.31. The quantitative estimate of drug-likeness (QED) is 0.327. The topological polar surface area (TPSA) is 56.7 Å². The molecule has 3 aromatic carbocycles. The van der Waals surface area contributed by atoms with Crippen molar-refractivity contribution < 1.29 is 22.4 Å². The molecular weight excluding hydrogens is 472 g/mol. The molecule has 3 aromatic rings. The fourth-order valence-corrected chi connectivity index (χ4v) is 4.69. The summed E-state index contributed by atoms with van der Waals surface area (Å²) in [5.41, 5.74) is 1.27. The van der Waals surface area contributed by atoms with Crippen LogP contribution in [0, 0.1) is 5.82 Å². The van der Waals surface area contributed by atoms with E-state index in [0.29, 0.717) is 17.8 Å². The number of hydrogen-bond donors (Lipinski definition) is 2. The molecule has 0 aliphatic carbocycles. The van der Waals surface area contributed by atoms with E-state index in [1.165, 1.54) is 36.5 Å². The molecule has 36 heavy (non-hydrogen) atoms. The highest BCUT2D eigenvalue weighted by molar-refractivity contribution is 6.12. The minimum absolute atomic E-state index is 0.000891. The third-order valence-corrected chi connectivity index (χ3v) is 6.45. The molecule has 9 heteroatoms. The fraction of sp³-hybridized carbons (Fsp3) is 0.259. The van der Waals surface area contributed by atoms with Gasteiger partial charge in [0.1, 0.15) is 11.7 Å². The molecule has 1 fully saturated rings. The van der Waals surface area contributed by atoms with Crippen LogP contribution < -0.4 is 10.6 Å². The van der Waals surface area contributed by atoms with Crippen molar-refractivity contribution in [2.24, 2.45) is 4.99 Å². The Bertz CT molecular complexity index is 1290. The van der Waals surface area contributed by atoms with Crippen molar-refractivity contribution in [2.75, 3.05) is 23.7 Å². The Morgan fingerprint density at radius 2 is 1.89 bits per heavy atom. The summed E-state index contributed by atoms with van der Waals surface area (Å²) in [5.74, 6) is -1.79. The molecule has 5 nitrogen and oxygen atoms in total. The summed E-state index contributed by atoms with van der Waals surface area (Å²) < 4.78 is 55.3. The number of benzene rings is 3. The van der Waals surface area contributed by atoms with Crippen molar-refractivity contribution in [3.8, 4) is 0 Å². The second-order valence-corrected chi connectivity index (χ2v) is 9.05. The van der Waals surface area contributed by atoms with Crippen LogP contribution in [0.5, 0.6) is 0 Å². The monoisotopic (exact) mass is 496 g/mol. The molecule has 2 N–H and O–H groups in total. The summed E-state index contributed by atoms with van der Waals surface area (Å²) >= 11 is 0. The summed E-state index contributed by atoms with van der Waals surface area (Å²) in [4.78, 5) is 18.6. The molecule has 2 aliphatic heterocycles. The van der Waals surface area contributed by atoms with Gasteiger partial charge in [-0.05, 0) is 53.9 Å². The van der Waals surface area contributed by atoms with Crippen molar-refractivity contribution in [3.05, 3.63) is 89.2 Å². The Labute approximate surface area is 205 Å². The number of anilines is 2. The number of carbonyl (C=O) groups is 1. The van der Waals surface area contributed by atoms with Crippen LogP contribution >= 0.6 is 0 Å². The van der Waals surface area contributed by atoms with Gasteiger partial charge in [0, 0.05) is 43.3 Å². The molecule has 0 radical (unpaired) electrons. The normalized spacial score (nSPS) is 20.1. The molecule has 0 bridgehead atoms. The first-order valence-electron chi connectivity index (χ1n) is 11.6. The second kappa shape index (κ2) is 9.73. The first-order chi connectivity index (χ1) is 17.3. The number of aliphatic imine (C=N–C) groups is 1. The lowest BCUT2D eigenvalue weighted by molar-refractivity contribution is -0.137. The maximum atomic E-state index is 13.9. The largest absolute Gasteiger partial charge is 0.418 e. The summed E-state index contributed by atoms with van der Waals surface area (Å²) in [6.45, 7) is 2.18. The van der Waals surface area contributed by atoms with E-state index in [1.807, 2.05) is 30.3 Å². The molecule has 1 amide bonds. The second-order valence-electron chi connectivity index (χ2n) is 9.05. The van der Waals surface area contributed by atoms with E-state index >= 15 is 0 Å². The third-order valence-electron chi connectivity index (χ3n) is 6.45. The molecule has 5 rings (SSSR count). The lowest BCUT2D eigenvalue weighted by atomic mass is 10.0. The van der Waals surface area contributed by atoms with E-state index in [0.717, 1.165) is 31.1 Å². The number of rotatable bonds is 6. The molecule has 186 valence electrons. The smallest absolute Gasteiger partial charge is 0.380 e. The van der Waals surface area contributed by atoms with Gasteiger partial charge in [-0.1, -0.05) is 30.3 Å². The predicted molar refractivity (Wildman–Crippen MR) is 131 cm³/mol. The minimum atomic E-state index is -4.59. The molecule has 0 spiro atoms. The van der Waals surface area contributed by atoms with Crippen molar-refractivity contribution in [1.82, 2.24) is 4.90 Å². The van der Waals surface area contributed by atoms with Crippen molar-refractivity contribution in [1.29, 1.82) is 0 Å². The van der Waals surface area contributed by atoms with Crippen molar-refractivity contribution >= 4 is 29.2 Å². The summed E-state index contributed by atoms with van der Waals surface area (Å²) in [6.07, 6.45) is -2.60. The summed E-state index contributed by atoms with van der Waals surface area (Å²) in [5, 5.41) is 5.69. The Morgan fingerprint density at radius 3 is 2.67 bits per heavy atom. The predicted octanol–water partition coefficient (Wildman–Crippen LogP) is 5.97. The van der Waals surface area contributed by atoms with Crippen LogP contribution in [0.3, 0.4) is 0 Å². The molecule has 2 atom stereocenters. The zero-order valence-corrected chi connectivity index (χ0v) is 19.2. The van der Waals surface area contributed by atoms with Gasteiger partial charge in [-0.3, -0.25) is 14.7 Å². The number of alkyl halides is 3. The number of hydrogen-bond acceptors (Lipinski definition) is 4. The van der Waals surface area contributed by atoms with E-state index in [-0.39, 0.29) is 17.4 Å². The van der Waals surface area contributed by atoms with Gasteiger partial charge in [-0.15, -0.1) is 0 Å². The van der Waals surface area contributed by atoms with E-state index in [1.54, 1.807) is 0 Å². The van der Waals surface area contributed by atoms with Crippen LogP contribution in [-0.2, 0) is 17.5 Å². The van der Waals surface area contributed by atoms with Gasteiger partial charge in [0.2, 0.25) is 5.91 Å². The van der Waals surface area contributed by atoms with Crippen LogP contribution in [0.4, 0.5) is 34.6 Å². The van der Waals surface area contributed by atoms with E-state index < -0.39 is 29.4 Å². The van der Waals surface area contributed by atoms with Gasteiger partial charge in [0.15, 0.2) is 0 Å². The Morgan fingerprint density at radius 1 is 1.08 bits per heavy atom. The molecule has 0 saturated carbocycles. The van der Waals surface area contributed by atoms with Gasteiger partial charge in [-0.25, -0.2) is 4.39 Å². The molecule has 2 aliphatic rings. The lowest BCUT2D eigenvalue weighted by Gasteiger charge is -2.20. The number of nitrogens with one attached hydrogen (secondary N) is 2. The summed E-state index contributed by atoms with van der Waals surface area (Å²) in [7, 11) is 0. The maximum absolute atomic E-state index is 13.9. The van der Waals surface area contributed by atoms with Crippen LogP contribution in [0.1, 0.15) is 29.0 Å². The van der Waals surface area contributed by atoms with Crippen LogP contribution in [0.25, 0.3) is 0 Å². The Hall–Kier alpha value is -3.72. The summed E-state index contributed by atoms with van der Waals surface area (Å²) in [6, 6.07) is 17.6. The molecular formula is C27H24F4N4O. The van der Waals surface area contributed by atoms with Gasteiger partial charge in [0.25, 0.3) is 0 Å². The number of carbonyl (C=O) groups excluding carboxylic acids is 1. The molecule has 0 aromatic heterocycles. The minimum Gasteiger partial charge on any atom is -0.380 e. The molecule has 1 saturated heterocycles. The zero-order valence-electron chi connectivity index (χ0n) is 19.2. The fourth-order valence-electron chi connectivity index (χ4n) is 4.69.